The van der Waals surface area contributed by atoms with E-state index < -0.39 is 6.04 Å². The zero-order valence-corrected chi connectivity index (χ0v) is 16.6. The lowest BCUT2D eigenvalue weighted by Crippen LogP contribution is -2.41. The second-order valence-electron chi connectivity index (χ2n) is 6.20. The number of carbonyl (C=O) groups excluding carboxylic acids is 1. The number of halogens is 2. The molecule has 1 fully saturated rings. The Morgan fingerprint density at radius 1 is 1.29 bits per heavy atom. The van der Waals surface area contributed by atoms with E-state index in [0.29, 0.717) is 34.4 Å². The van der Waals surface area contributed by atoms with Gasteiger partial charge in [-0.05, 0) is 54.8 Å². The third-order valence-electron chi connectivity index (χ3n) is 4.24. The van der Waals surface area contributed by atoms with Crippen LogP contribution in [0.4, 0.5) is 0 Å². The van der Waals surface area contributed by atoms with Crippen LogP contribution in [0.2, 0.25) is 10.0 Å². The van der Waals surface area contributed by atoms with E-state index in [2.05, 4.69) is 21.4 Å². The number of hydrazine groups is 1. The first kappa shape index (κ1) is 20.4. The molecular formula is C19H20Cl2N4O3. The Bertz CT molecular complexity index is 891. The summed E-state index contributed by atoms with van der Waals surface area (Å²) in [6, 6.07) is 9.68. The normalized spacial score (nSPS) is 19.1. The van der Waals surface area contributed by atoms with Crippen LogP contribution in [0.1, 0.15) is 30.5 Å². The molecule has 2 atom stereocenters. The highest BCUT2D eigenvalue weighted by Crippen LogP contribution is 2.29. The molecule has 2 aromatic rings. The number of carbonyl (C=O) groups is 1. The number of phenolic OH excluding ortho intramolecular Hbond substituents is 1. The van der Waals surface area contributed by atoms with E-state index >= 15 is 0 Å². The number of nitrogens with one attached hydrogen (secondary N) is 3. The van der Waals surface area contributed by atoms with Gasteiger partial charge >= 0.3 is 0 Å². The number of phenols is 1. The van der Waals surface area contributed by atoms with Crippen molar-refractivity contribution in [1.82, 2.24) is 16.3 Å². The Morgan fingerprint density at radius 2 is 2.11 bits per heavy atom. The molecule has 28 heavy (non-hydrogen) atoms. The molecule has 1 heterocycles. The number of rotatable bonds is 6. The molecular weight excluding hydrogens is 403 g/mol. The van der Waals surface area contributed by atoms with Crippen molar-refractivity contribution < 1.29 is 14.6 Å². The predicted molar refractivity (Wildman–Crippen MR) is 109 cm³/mol. The summed E-state index contributed by atoms with van der Waals surface area (Å²) in [7, 11) is 0. The van der Waals surface area contributed by atoms with Crippen LogP contribution in [0.25, 0.3) is 0 Å². The standard InChI is InChI=1S/C19H20Cl2N4O3/c1-2-28-18-7-11(3-6-17(18)26)10-22-25-19(27)16-9-15(23-24-16)12-4-5-13(20)14(21)8-12/h3-8,10,15-16,23-24,26H,2,9H2,1H3,(H,25,27)/b22-10+. The second kappa shape index (κ2) is 9.25. The van der Waals surface area contributed by atoms with Crippen molar-refractivity contribution in [2.75, 3.05) is 6.61 Å². The summed E-state index contributed by atoms with van der Waals surface area (Å²) in [5, 5.41) is 14.6. The lowest BCUT2D eigenvalue weighted by atomic mass is 10.0. The SMILES string of the molecule is CCOc1cc(/C=N/NC(=O)C2CC(c3ccc(Cl)c(Cl)c3)NN2)ccc1O. The van der Waals surface area contributed by atoms with Gasteiger partial charge in [0.05, 0.1) is 22.9 Å². The molecule has 4 N–H and O–H groups in total. The summed E-state index contributed by atoms with van der Waals surface area (Å²) >= 11 is 12.0. The lowest BCUT2D eigenvalue weighted by molar-refractivity contribution is -0.122. The van der Waals surface area contributed by atoms with E-state index in [4.69, 9.17) is 27.9 Å². The van der Waals surface area contributed by atoms with Gasteiger partial charge in [0.1, 0.15) is 6.04 Å². The van der Waals surface area contributed by atoms with Crippen molar-refractivity contribution >= 4 is 35.3 Å². The maximum Gasteiger partial charge on any atom is 0.258 e. The lowest BCUT2D eigenvalue weighted by Gasteiger charge is -2.10. The van der Waals surface area contributed by atoms with Gasteiger partial charge in [0.25, 0.3) is 5.91 Å². The number of aromatic hydroxyl groups is 1. The molecule has 1 aliphatic heterocycles. The van der Waals surface area contributed by atoms with Crippen LogP contribution in [-0.2, 0) is 4.79 Å². The Kier molecular flexibility index (Phi) is 6.74. The fourth-order valence-corrected chi connectivity index (χ4v) is 3.11. The summed E-state index contributed by atoms with van der Waals surface area (Å²) in [6.45, 7) is 2.26. The minimum Gasteiger partial charge on any atom is -0.504 e. The molecule has 148 valence electrons. The molecule has 7 nitrogen and oxygen atoms in total. The quantitative estimate of drug-likeness (QED) is 0.423. The monoisotopic (exact) mass is 422 g/mol. The van der Waals surface area contributed by atoms with Crippen LogP contribution in [0.5, 0.6) is 11.5 Å². The number of nitrogens with zero attached hydrogens (tertiary/aromatic N) is 1. The molecule has 3 rings (SSSR count). The highest BCUT2D eigenvalue weighted by Gasteiger charge is 2.30. The first-order valence-electron chi connectivity index (χ1n) is 8.72. The van der Waals surface area contributed by atoms with E-state index in [-0.39, 0.29) is 17.7 Å². The molecule has 0 radical (unpaired) electrons. The number of hydrogen-bond acceptors (Lipinski definition) is 6. The fourth-order valence-electron chi connectivity index (χ4n) is 2.81. The average Bonchev–Trinajstić information content (AvgIpc) is 3.17. The molecule has 1 aliphatic rings. The Balaban J connectivity index is 1.56. The third-order valence-corrected chi connectivity index (χ3v) is 4.98. The number of hydrogen-bond donors (Lipinski definition) is 4. The highest BCUT2D eigenvalue weighted by atomic mass is 35.5. The predicted octanol–water partition coefficient (Wildman–Crippen LogP) is 3.16. The Labute approximate surface area is 172 Å². The highest BCUT2D eigenvalue weighted by molar-refractivity contribution is 6.42. The largest absolute Gasteiger partial charge is 0.504 e. The van der Waals surface area contributed by atoms with Gasteiger partial charge in [-0.3, -0.25) is 4.79 Å². The van der Waals surface area contributed by atoms with Crippen LogP contribution in [0.3, 0.4) is 0 Å². The molecule has 0 aliphatic carbocycles. The summed E-state index contributed by atoms with van der Waals surface area (Å²) < 4.78 is 5.32. The van der Waals surface area contributed by atoms with Crippen LogP contribution in [0, 0.1) is 0 Å². The Morgan fingerprint density at radius 3 is 2.86 bits per heavy atom. The van der Waals surface area contributed by atoms with Crippen LogP contribution < -0.4 is 21.0 Å². The van der Waals surface area contributed by atoms with Gasteiger partial charge in [0, 0.05) is 6.04 Å². The van der Waals surface area contributed by atoms with E-state index in [0.717, 1.165) is 5.56 Å². The van der Waals surface area contributed by atoms with E-state index in [1.807, 2.05) is 13.0 Å². The van der Waals surface area contributed by atoms with Crippen LogP contribution in [0.15, 0.2) is 41.5 Å². The fraction of sp³-hybridized carbons (Fsp3) is 0.263. The van der Waals surface area contributed by atoms with E-state index in [1.54, 1.807) is 24.3 Å². The third kappa shape index (κ3) is 4.94. The molecule has 1 amide bonds. The van der Waals surface area contributed by atoms with Crippen molar-refractivity contribution in [3.63, 3.8) is 0 Å². The average molecular weight is 423 g/mol. The summed E-state index contributed by atoms with van der Waals surface area (Å²) in [6.07, 6.45) is 2.02. The van der Waals surface area contributed by atoms with Crippen molar-refractivity contribution in [2.24, 2.45) is 5.10 Å². The Hall–Kier alpha value is -2.32. The summed E-state index contributed by atoms with van der Waals surface area (Å²) in [5.74, 6) is 0.150. The molecule has 0 bridgehead atoms. The zero-order valence-electron chi connectivity index (χ0n) is 15.1. The van der Waals surface area contributed by atoms with E-state index in [9.17, 15) is 9.90 Å². The second-order valence-corrected chi connectivity index (χ2v) is 7.01. The molecule has 0 saturated carbocycles. The minimum absolute atomic E-state index is 0.0533. The van der Waals surface area contributed by atoms with Gasteiger partial charge in [-0.1, -0.05) is 29.3 Å². The maximum absolute atomic E-state index is 12.3. The van der Waals surface area contributed by atoms with Crippen molar-refractivity contribution in [3.8, 4) is 11.5 Å². The molecule has 1 saturated heterocycles. The smallest absolute Gasteiger partial charge is 0.258 e. The molecule has 2 unspecified atom stereocenters. The van der Waals surface area contributed by atoms with Gasteiger partial charge in [-0.15, -0.1) is 0 Å². The van der Waals surface area contributed by atoms with Gasteiger partial charge in [0.2, 0.25) is 0 Å². The molecule has 2 aromatic carbocycles. The molecule has 0 spiro atoms. The van der Waals surface area contributed by atoms with Gasteiger partial charge < -0.3 is 9.84 Å². The first-order chi connectivity index (χ1) is 13.5. The topological polar surface area (TPSA) is 95.0 Å². The number of benzene rings is 2. The summed E-state index contributed by atoms with van der Waals surface area (Å²) in [5.41, 5.74) is 10.2. The first-order valence-corrected chi connectivity index (χ1v) is 9.48. The van der Waals surface area contributed by atoms with Gasteiger partial charge in [0.15, 0.2) is 11.5 Å². The van der Waals surface area contributed by atoms with Crippen molar-refractivity contribution in [3.05, 3.63) is 57.6 Å². The van der Waals surface area contributed by atoms with Crippen molar-refractivity contribution in [2.45, 2.75) is 25.4 Å². The van der Waals surface area contributed by atoms with Gasteiger partial charge in [-0.25, -0.2) is 16.3 Å². The molecule has 9 heteroatoms. The zero-order chi connectivity index (χ0) is 20.1. The number of amides is 1. The van der Waals surface area contributed by atoms with Crippen LogP contribution >= 0.6 is 23.2 Å². The summed E-state index contributed by atoms with van der Waals surface area (Å²) in [4.78, 5) is 12.3. The minimum atomic E-state index is -0.449. The number of ether oxygens (including phenoxy) is 1. The van der Waals surface area contributed by atoms with Crippen molar-refractivity contribution in [1.29, 1.82) is 0 Å². The maximum atomic E-state index is 12.3. The molecule has 0 aromatic heterocycles. The number of hydrazone groups is 1. The van der Waals surface area contributed by atoms with E-state index in [1.165, 1.54) is 12.3 Å². The van der Waals surface area contributed by atoms with Crippen LogP contribution in [-0.4, -0.2) is 29.9 Å². The van der Waals surface area contributed by atoms with Gasteiger partial charge in [-0.2, -0.15) is 5.10 Å².